The molecule has 0 bridgehead atoms. The van der Waals surface area contributed by atoms with E-state index in [9.17, 15) is 10.1 Å². The number of rotatable bonds is 4. The van der Waals surface area contributed by atoms with E-state index in [2.05, 4.69) is 9.88 Å². The highest BCUT2D eigenvalue weighted by Crippen LogP contribution is 2.26. The smallest absolute Gasteiger partial charge is 0.311 e. The second kappa shape index (κ2) is 6.62. The van der Waals surface area contributed by atoms with Crippen LogP contribution in [0.4, 0.5) is 11.5 Å². The Hall–Kier alpha value is -1.73. The van der Waals surface area contributed by atoms with E-state index in [1.807, 2.05) is 11.8 Å². The fraction of sp³-hybridized carbons (Fsp3) is 0.615. The van der Waals surface area contributed by atoms with Crippen molar-refractivity contribution in [3.05, 3.63) is 27.9 Å². The van der Waals surface area contributed by atoms with Gasteiger partial charge in [0.05, 0.1) is 11.5 Å². The van der Waals surface area contributed by atoms with Crippen molar-refractivity contribution in [1.82, 2.24) is 9.88 Å². The summed E-state index contributed by atoms with van der Waals surface area (Å²) in [5, 5.41) is 20.1. The van der Waals surface area contributed by atoms with E-state index in [4.69, 9.17) is 5.11 Å². The molecule has 2 rings (SSSR count). The molecule has 2 heterocycles. The summed E-state index contributed by atoms with van der Waals surface area (Å²) in [6.45, 7) is 5.75. The molecule has 0 radical (unpaired) electrons. The van der Waals surface area contributed by atoms with Gasteiger partial charge in [-0.05, 0) is 26.0 Å². The van der Waals surface area contributed by atoms with Gasteiger partial charge in [0.15, 0.2) is 0 Å². The van der Waals surface area contributed by atoms with Crippen LogP contribution in [0.5, 0.6) is 0 Å². The first-order chi connectivity index (χ1) is 9.61. The Morgan fingerprint density at radius 1 is 1.35 bits per heavy atom. The van der Waals surface area contributed by atoms with E-state index in [-0.39, 0.29) is 17.2 Å². The third kappa shape index (κ3) is 3.43. The molecule has 110 valence electrons. The number of hydrogen-bond acceptors (Lipinski definition) is 6. The van der Waals surface area contributed by atoms with Crippen molar-refractivity contribution in [1.29, 1.82) is 0 Å². The van der Waals surface area contributed by atoms with Crippen LogP contribution in [0.15, 0.2) is 12.1 Å². The van der Waals surface area contributed by atoms with Crippen molar-refractivity contribution in [3.8, 4) is 0 Å². The summed E-state index contributed by atoms with van der Waals surface area (Å²) in [5.41, 5.74) is 0.841. The average Bonchev–Trinajstić information content (AvgIpc) is 2.64. The van der Waals surface area contributed by atoms with Gasteiger partial charge in [0, 0.05) is 37.9 Å². The number of hydrogen-bond donors (Lipinski definition) is 1. The molecule has 0 saturated carbocycles. The lowest BCUT2D eigenvalue weighted by Crippen LogP contribution is -2.33. The maximum atomic E-state index is 11.1. The highest BCUT2D eigenvalue weighted by molar-refractivity contribution is 5.58. The van der Waals surface area contributed by atoms with Crippen molar-refractivity contribution in [3.63, 3.8) is 0 Å². The van der Waals surface area contributed by atoms with Crippen molar-refractivity contribution in [2.75, 3.05) is 44.2 Å². The van der Waals surface area contributed by atoms with E-state index in [1.54, 1.807) is 6.07 Å². The molecule has 1 aromatic rings. The number of aliphatic hydroxyl groups excluding tert-OH is 1. The average molecular weight is 280 g/mol. The van der Waals surface area contributed by atoms with Crippen LogP contribution in [0.2, 0.25) is 0 Å². The fourth-order valence-corrected chi connectivity index (χ4v) is 2.46. The van der Waals surface area contributed by atoms with Crippen molar-refractivity contribution in [2.45, 2.75) is 13.3 Å². The summed E-state index contributed by atoms with van der Waals surface area (Å²) in [7, 11) is 0. The number of pyridine rings is 1. The molecule has 1 aromatic heterocycles. The minimum absolute atomic E-state index is 0.0613. The van der Waals surface area contributed by atoms with Gasteiger partial charge in [-0.15, -0.1) is 0 Å². The first kappa shape index (κ1) is 14.7. The van der Waals surface area contributed by atoms with Gasteiger partial charge in [-0.2, -0.15) is 0 Å². The third-order valence-electron chi connectivity index (χ3n) is 3.49. The summed E-state index contributed by atoms with van der Waals surface area (Å²) < 4.78 is 0. The summed E-state index contributed by atoms with van der Waals surface area (Å²) in [6, 6.07) is 3.19. The molecule has 0 aliphatic carbocycles. The Balaban J connectivity index is 2.18. The monoisotopic (exact) mass is 280 g/mol. The minimum atomic E-state index is -0.377. The quantitative estimate of drug-likeness (QED) is 0.649. The second-order valence-electron chi connectivity index (χ2n) is 4.96. The van der Waals surface area contributed by atoms with Crippen molar-refractivity contribution >= 4 is 11.5 Å². The Kier molecular flexibility index (Phi) is 4.86. The Bertz CT molecular complexity index is 481. The van der Waals surface area contributed by atoms with Crippen molar-refractivity contribution in [2.24, 2.45) is 0 Å². The van der Waals surface area contributed by atoms with Gasteiger partial charge in [-0.25, -0.2) is 4.98 Å². The van der Waals surface area contributed by atoms with E-state index < -0.39 is 0 Å². The molecule has 1 aliphatic rings. The van der Waals surface area contributed by atoms with Crippen LogP contribution < -0.4 is 4.90 Å². The number of nitrogens with zero attached hydrogens (tertiary/aromatic N) is 4. The number of β-amino-alcohol motifs (C(OH)–C–C–N with tert-alkyl or cyclic N) is 1. The Morgan fingerprint density at radius 2 is 2.15 bits per heavy atom. The molecule has 0 atom stereocenters. The lowest BCUT2D eigenvalue weighted by atomic mass is 10.3. The maximum absolute atomic E-state index is 11.1. The predicted molar refractivity (Wildman–Crippen MR) is 76.0 cm³/mol. The summed E-state index contributed by atoms with van der Waals surface area (Å²) in [6.07, 6.45) is 0.910. The summed E-state index contributed by atoms with van der Waals surface area (Å²) in [5.74, 6) is 0.459. The normalized spacial score (nSPS) is 17.0. The number of aromatic nitrogens is 1. The molecule has 0 unspecified atom stereocenters. The molecule has 1 aliphatic heterocycles. The molecule has 0 spiro atoms. The number of nitro groups is 1. The van der Waals surface area contributed by atoms with E-state index in [0.29, 0.717) is 18.9 Å². The number of aryl methyl sites for hydroxylation is 1. The van der Waals surface area contributed by atoms with Crippen LogP contribution in [-0.4, -0.2) is 59.2 Å². The van der Waals surface area contributed by atoms with Gasteiger partial charge in [0.1, 0.15) is 0 Å². The van der Waals surface area contributed by atoms with E-state index in [0.717, 1.165) is 31.7 Å². The van der Waals surface area contributed by atoms with Gasteiger partial charge in [0.2, 0.25) is 5.82 Å². The predicted octanol–water partition coefficient (Wildman–Crippen LogP) is 0.803. The topological polar surface area (TPSA) is 82.7 Å². The molecule has 1 saturated heterocycles. The van der Waals surface area contributed by atoms with Gasteiger partial charge >= 0.3 is 5.69 Å². The van der Waals surface area contributed by atoms with Crippen LogP contribution in [0.25, 0.3) is 0 Å². The highest BCUT2D eigenvalue weighted by Gasteiger charge is 2.23. The third-order valence-corrected chi connectivity index (χ3v) is 3.49. The van der Waals surface area contributed by atoms with E-state index in [1.165, 1.54) is 6.07 Å². The standard InChI is InChI=1S/C13H20N4O3/c1-11-3-4-12(17(19)20)13(14-11)16-6-2-5-15(7-8-16)9-10-18/h3-4,18H,2,5-10H2,1H3. The molecule has 7 heteroatoms. The lowest BCUT2D eigenvalue weighted by molar-refractivity contribution is -0.384. The first-order valence-electron chi connectivity index (χ1n) is 6.82. The van der Waals surface area contributed by atoms with Crippen LogP contribution in [0.1, 0.15) is 12.1 Å². The van der Waals surface area contributed by atoms with Gasteiger partial charge in [0.25, 0.3) is 0 Å². The highest BCUT2D eigenvalue weighted by atomic mass is 16.6. The molecule has 1 fully saturated rings. The molecule has 1 N–H and O–H groups in total. The number of aliphatic hydroxyl groups is 1. The summed E-state index contributed by atoms with van der Waals surface area (Å²) >= 11 is 0. The fourth-order valence-electron chi connectivity index (χ4n) is 2.46. The second-order valence-corrected chi connectivity index (χ2v) is 4.96. The molecule has 0 amide bonds. The molecular weight excluding hydrogens is 260 g/mol. The van der Waals surface area contributed by atoms with Crippen LogP contribution >= 0.6 is 0 Å². The van der Waals surface area contributed by atoms with Gasteiger partial charge in [-0.1, -0.05) is 0 Å². The zero-order valence-corrected chi connectivity index (χ0v) is 11.7. The zero-order valence-electron chi connectivity index (χ0n) is 11.7. The van der Waals surface area contributed by atoms with Crippen LogP contribution in [0, 0.1) is 17.0 Å². The largest absolute Gasteiger partial charge is 0.395 e. The summed E-state index contributed by atoms with van der Waals surface area (Å²) in [4.78, 5) is 19.2. The van der Waals surface area contributed by atoms with Gasteiger partial charge in [-0.3, -0.25) is 15.0 Å². The molecule has 0 aromatic carbocycles. The van der Waals surface area contributed by atoms with E-state index >= 15 is 0 Å². The zero-order chi connectivity index (χ0) is 14.5. The number of anilines is 1. The van der Waals surface area contributed by atoms with Crippen molar-refractivity contribution < 1.29 is 10.0 Å². The molecule has 7 nitrogen and oxygen atoms in total. The molecule has 20 heavy (non-hydrogen) atoms. The lowest BCUT2D eigenvalue weighted by Gasteiger charge is -2.22. The van der Waals surface area contributed by atoms with Crippen LogP contribution in [0.3, 0.4) is 0 Å². The molecular formula is C13H20N4O3. The first-order valence-corrected chi connectivity index (χ1v) is 6.82. The SMILES string of the molecule is Cc1ccc([N+](=O)[O-])c(N2CCCN(CCO)CC2)n1. The maximum Gasteiger partial charge on any atom is 0.311 e. The Labute approximate surface area is 118 Å². The van der Waals surface area contributed by atoms with Gasteiger partial charge < -0.3 is 10.0 Å². The minimum Gasteiger partial charge on any atom is -0.395 e. The Morgan fingerprint density at radius 3 is 2.85 bits per heavy atom. The van der Waals surface area contributed by atoms with Crippen LogP contribution in [-0.2, 0) is 0 Å².